The van der Waals surface area contributed by atoms with E-state index in [0.717, 1.165) is 6.54 Å². The molecule has 0 unspecified atom stereocenters. The zero-order valence-electron chi connectivity index (χ0n) is 12.2. The van der Waals surface area contributed by atoms with Crippen molar-refractivity contribution in [2.24, 2.45) is 5.92 Å². The molecule has 0 spiro atoms. The van der Waals surface area contributed by atoms with Crippen LogP contribution in [-0.2, 0) is 0 Å². The van der Waals surface area contributed by atoms with Crippen LogP contribution in [0.2, 0.25) is 0 Å². The highest BCUT2D eigenvalue weighted by Crippen LogP contribution is 2.18. The average Bonchev–Trinajstić information content (AvgIpc) is 2.34. The van der Waals surface area contributed by atoms with Gasteiger partial charge in [-0.05, 0) is 29.9 Å². The third kappa shape index (κ3) is 5.28. The summed E-state index contributed by atoms with van der Waals surface area (Å²) in [5.74, 6) is 0.580. The monoisotopic (exact) mass is 263 g/mol. The number of thioether (sulfide) groups is 1. The molecular weight excluding hydrogens is 238 g/mol. The van der Waals surface area contributed by atoms with Crippen LogP contribution in [0.1, 0.15) is 33.3 Å². The second-order valence-corrected chi connectivity index (χ2v) is 6.06. The van der Waals surface area contributed by atoms with Crippen molar-refractivity contribution >= 4 is 17.8 Å². The fraction of sp³-hybridized carbons (Fsp3) is 0.500. The maximum atomic E-state index is 3.50. The molecule has 0 radical (unpaired) electrons. The van der Waals surface area contributed by atoms with Crippen molar-refractivity contribution in [1.29, 1.82) is 0 Å². The molecule has 0 heterocycles. The van der Waals surface area contributed by atoms with Crippen LogP contribution in [0.3, 0.4) is 0 Å². The smallest absolute Gasteiger partial charge is 0.0172 e. The lowest BCUT2D eigenvalue weighted by atomic mass is 10.00. The van der Waals surface area contributed by atoms with Crippen LogP contribution in [0.25, 0.3) is 6.08 Å². The van der Waals surface area contributed by atoms with Crippen molar-refractivity contribution in [2.45, 2.75) is 38.6 Å². The zero-order valence-corrected chi connectivity index (χ0v) is 13.0. The largest absolute Gasteiger partial charge is 0.311 e. The molecule has 0 aliphatic heterocycles. The van der Waals surface area contributed by atoms with E-state index in [1.807, 2.05) is 0 Å². The van der Waals surface area contributed by atoms with E-state index in [1.54, 1.807) is 11.8 Å². The number of nitrogens with one attached hydrogen (secondary N) is 1. The fourth-order valence-corrected chi connectivity index (χ4v) is 2.07. The minimum absolute atomic E-state index is 0.533. The molecule has 1 N–H and O–H groups in total. The van der Waals surface area contributed by atoms with E-state index in [4.69, 9.17) is 0 Å². The van der Waals surface area contributed by atoms with Crippen molar-refractivity contribution in [2.75, 3.05) is 12.8 Å². The molecule has 0 saturated heterocycles. The summed E-state index contributed by atoms with van der Waals surface area (Å²) < 4.78 is 0. The van der Waals surface area contributed by atoms with Crippen molar-refractivity contribution < 1.29 is 0 Å². The molecule has 0 fully saturated rings. The molecule has 0 bridgehead atoms. The summed E-state index contributed by atoms with van der Waals surface area (Å²) in [6.07, 6.45) is 4.42. The molecule has 0 aromatic heterocycles. The predicted molar refractivity (Wildman–Crippen MR) is 84.2 cm³/mol. The summed E-state index contributed by atoms with van der Waals surface area (Å²) in [7, 11) is 0. The van der Waals surface area contributed by atoms with Gasteiger partial charge in [0.25, 0.3) is 0 Å². The van der Waals surface area contributed by atoms with E-state index < -0.39 is 0 Å². The van der Waals surface area contributed by atoms with E-state index in [0.29, 0.717) is 12.0 Å². The van der Waals surface area contributed by atoms with Crippen LogP contribution in [0.15, 0.2) is 34.7 Å². The second-order valence-electron chi connectivity index (χ2n) is 5.18. The molecule has 0 atom stereocenters. The normalized spacial score (nSPS) is 12.5. The van der Waals surface area contributed by atoms with Gasteiger partial charge in [0.15, 0.2) is 0 Å². The van der Waals surface area contributed by atoms with Gasteiger partial charge < -0.3 is 5.32 Å². The summed E-state index contributed by atoms with van der Waals surface area (Å²) in [6.45, 7) is 9.85. The van der Waals surface area contributed by atoms with Gasteiger partial charge in [-0.25, -0.2) is 0 Å². The number of hydrogen-bond donors (Lipinski definition) is 1. The van der Waals surface area contributed by atoms with Gasteiger partial charge in [0, 0.05) is 17.5 Å². The summed E-state index contributed by atoms with van der Waals surface area (Å²) in [4.78, 5) is 1.32. The highest BCUT2D eigenvalue weighted by Gasteiger charge is 2.04. The predicted octanol–water partition coefficient (Wildman–Crippen LogP) is 4.45. The van der Waals surface area contributed by atoms with Gasteiger partial charge in [-0.3, -0.25) is 0 Å². The molecule has 0 amide bonds. The van der Waals surface area contributed by atoms with E-state index in [2.05, 4.69) is 69.6 Å². The minimum Gasteiger partial charge on any atom is -0.311 e. The number of hydrogen-bond acceptors (Lipinski definition) is 2. The van der Waals surface area contributed by atoms with Crippen molar-refractivity contribution in [3.8, 4) is 0 Å². The number of benzene rings is 1. The number of rotatable bonds is 6. The summed E-state index contributed by atoms with van der Waals surface area (Å²) in [6, 6.07) is 9.30. The summed E-state index contributed by atoms with van der Waals surface area (Å²) in [5.41, 5.74) is 2.75. The van der Waals surface area contributed by atoms with Gasteiger partial charge in [0.05, 0.1) is 0 Å². The Morgan fingerprint density at radius 1 is 1.17 bits per heavy atom. The van der Waals surface area contributed by atoms with Crippen LogP contribution < -0.4 is 5.32 Å². The maximum absolute atomic E-state index is 3.50. The standard InChI is InChI=1S/C16H25NS/c1-12(2)15(11-17-13(3)4)10-14-6-8-16(18-5)9-7-14/h6-10,12-13,17H,11H2,1-5H3. The van der Waals surface area contributed by atoms with E-state index in [9.17, 15) is 0 Å². The van der Waals surface area contributed by atoms with Crippen LogP contribution in [-0.4, -0.2) is 18.8 Å². The van der Waals surface area contributed by atoms with Crippen molar-refractivity contribution in [3.63, 3.8) is 0 Å². The van der Waals surface area contributed by atoms with Crippen LogP contribution >= 0.6 is 11.8 Å². The van der Waals surface area contributed by atoms with E-state index in [1.165, 1.54) is 16.0 Å². The third-order valence-corrected chi connectivity index (χ3v) is 3.67. The summed E-state index contributed by atoms with van der Waals surface area (Å²) in [5, 5.41) is 3.50. The Balaban J connectivity index is 2.79. The molecule has 0 saturated carbocycles. The molecule has 18 heavy (non-hydrogen) atoms. The first-order valence-electron chi connectivity index (χ1n) is 6.60. The first kappa shape index (κ1) is 15.3. The molecule has 1 nitrogen and oxygen atoms in total. The van der Waals surface area contributed by atoms with Crippen LogP contribution in [0.5, 0.6) is 0 Å². The first-order chi connectivity index (χ1) is 8.52. The Morgan fingerprint density at radius 2 is 1.78 bits per heavy atom. The van der Waals surface area contributed by atoms with Crippen molar-refractivity contribution in [3.05, 3.63) is 35.4 Å². The summed E-state index contributed by atoms with van der Waals surface area (Å²) >= 11 is 1.78. The Bertz CT molecular complexity index is 377. The Hall–Kier alpha value is -0.730. The highest BCUT2D eigenvalue weighted by molar-refractivity contribution is 7.98. The fourth-order valence-electron chi connectivity index (χ4n) is 1.66. The topological polar surface area (TPSA) is 12.0 Å². The maximum Gasteiger partial charge on any atom is 0.0172 e. The van der Waals surface area contributed by atoms with Crippen LogP contribution in [0.4, 0.5) is 0 Å². The lowest BCUT2D eigenvalue weighted by Gasteiger charge is -2.15. The quantitative estimate of drug-likeness (QED) is 0.761. The molecule has 0 aliphatic rings. The van der Waals surface area contributed by atoms with Crippen LogP contribution in [0, 0.1) is 5.92 Å². The van der Waals surface area contributed by atoms with E-state index >= 15 is 0 Å². The lowest BCUT2D eigenvalue weighted by molar-refractivity contribution is 0.593. The molecule has 1 aromatic rings. The molecule has 1 aromatic carbocycles. The highest BCUT2D eigenvalue weighted by atomic mass is 32.2. The SMILES string of the molecule is CSc1ccc(C=C(CNC(C)C)C(C)C)cc1. The van der Waals surface area contributed by atoms with Gasteiger partial charge in [0.2, 0.25) is 0 Å². The van der Waals surface area contributed by atoms with Gasteiger partial charge >= 0.3 is 0 Å². The molecule has 1 rings (SSSR count). The third-order valence-electron chi connectivity index (χ3n) is 2.92. The Morgan fingerprint density at radius 3 is 2.22 bits per heavy atom. The van der Waals surface area contributed by atoms with E-state index in [-0.39, 0.29) is 0 Å². The average molecular weight is 263 g/mol. The Kier molecular flexibility index (Phi) is 6.51. The zero-order chi connectivity index (χ0) is 13.5. The lowest BCUT2D eigenvalue weighted by Crippen LogP contribution is -2.26. The second kappa shape index (κ2) is 7.65. The minimum atomic E-state index is 0.533. The van der Waals surface area contributed by atoms with Gasteiger partial charge in [-0.1, -0.05) is 51.5 Å². The van der Waals surface area contributed by atoms with Gasteiger partial charge in [0.1, 0.15) is 0 Å². The first-order valence-corrected chi connectivity index (χ1v) is 7.83. The molecule has 2 heteroatoms. The Labute approximate surface area is 116 Å². The van der Waals surface area contributed by atoms with Gasteiger partial charge in [-0.2, -0.15) is 0 Å². The van der Waals surface area contributed by atoms with Crippen molar-refractivity contribution in [1.82, 2.24) is 5.32 Å². The molecule has 0 aliphatic carbocycles. The molecular formula is C16H25NS. The van der Waals surface area contributed by atoms with Gasteiger partial charge in [-0.15, -0.1) is 11.8 Å². The molecule has 100 valence electrons.